The second-order valence-corrected chi connectivity index (χ2v) is 4.98. The van der Waals surface area contributed by atoms with Gasteiger partial charge in [-0.2, -0.15) is 0 Å². The molecule has 1 rings (SSSR count). The van der Waals surface area contributed by atoms with Crippen molar-refractivity contribution in [1.29, 1.82) is 0 Å². The van der Waals surface area contributed by atoms with Crippen LogP contribution in [0.1, 0.15) is 37.0 Å². The third-order valence-corrected chi connectivity index (χ3v) is 3.62. The molecule has 1 aromatic carbocycles. The van der Waals surface area contributed by atoms with Crippen molar-refractivity contribution in [3.63, 3.8) is 0 Å². The van der Waals surface area contributed by atoms with Crippen LogP contribution in [-0.4, -0.2) is 43.5 Å². The molecule has 21 heavy (non-hydrogen) atoms. The minimum atomic E-state index is -0.683. The first kappa shape index (κ1) is 17.7. The molecule has 0 bridgehead atoms. The molecule has 0 fully saturated rings. The molecule has 0 saturated heterocycles. The van der Waals surface area contributed by atoms with E-state index in [0.717, 1.165) is 31.0 Å². The molecule has 0 N–H and O–H groups in total. The summed E-state index contributed by atoms with van der Waals surface area (Å²) in [5.41, 5.74) is -0.191. The Balaban J connectivity index is 2.86. The van der Waals surface area contributed by atoms with Crippen LogP contribution in [0, 0.1) is 11.6 Å². The molecule has 3 nitrogen and oxygen atoms in total. The van der Waals surface area contributed by atoms with Crippen molar-refractivity contribution in [2.75, 3.05) is 26.8 Å². The predicted molar refractivity (Wildman–Crippen MR) is 78.5 cm³/mol. The molecule has 0 amide bonds. The summed E-state index contributed by atoms with van der Waals surface area (Å²) in [4.78, 5) is 14.2. The Hall–Kier alpha value is -1.33. The summed E-state index contributed by atoms with van der Waals surface area (Å²) in [6, 6.07) is 3.18. The topological polar surface area (TPSA) is 29.5 Å². The van der Waals surface area contributed by atoms with Crippen molar-refractivity contribution in [2.45, 2.75) is 32.7 Å². The Morgan fingerprint density at radius 1 is 1.29 bits per heavy atom. The van der Waals surface area contributed by atoms with Gasteiger partial charge in [0.15, 0.2) is 5.78 Å². The van der Waals surface area contributed by atoms with Gasteiger partial charge in [-0.1, -0.05) is 13.8 Å². The van der Waals surface area contributed by atoms with E-state index in [9.17, 15) is 13.6 Å². The molecule has 5 heteroatoms. The average molecular weight is 299 g/mol. The van der Waals surface area contributed by atoms with E-state index < -0.39 is 17.4 Å². The number of rotatable bonds is 9. The summed E-state index contributed by atoms with van der Waals surface area (Å²) in [5, 5.41) is 0. The maximum atomic E-state index is 13.7. The molecule has 0 radical (unpaired) electrons. The highest BCUT2D eigenvalue weighted by Crippen LogP contribution is 2.14. The highest BCUT2D eigenvalue weighted by Gasteiger charge is 2.21. The zero-order valence-corrected chi connectivity index (χ0v) is 12.9. The smallest absolute Gasteiger partial charge is 0.179 e. The van der Waals surface area contributed by atoms with Crippen LogP contribution in [0.4, 0.5) is 8.78 Å². The monoisotopic (exact) mass is 299 g/mol. The number of carbonyl (C=O) groups is 1. The number of benzene rings is 1. The van der Waals surface area contributed by atoms with Crippen LogP contribution in [0.25, 0.3) is 0 Å². The van der Waals surface area contributed by atoms with Gasteiger partial charge in [-0.05, 0) is 31.0 Å². The molecule has 0 aliphatic carbocycles. The number of ketones is 1. The fourth-order valence-corrected chi connectivity index (χ4v) is 2.39. The van der Waals surface area contributed by atoms with Gasteiger partial charge in [0.25, 0.3) is 0 Å². The van der Waals surface area contributed by atoms with Crippen molar-refractivity contribution in [3.05, 3.63) is 35.4 Å². The molecule has 0 unspecified atom stereocenters. The van der Waals surface area contributed by atoms with E-state index in [-0.39, 0.29) is 18.2 Å². The summed E-state index contributed by atoms with van der Waals surface area (Å²) >= 11 is 0. The molecule has 118 valence electrons. The highest BCUT2D eigenvalue weighted by molar-refractivity contribution is 5.97. The summed E-state index contributed by atoms with van der Waals surface area (Å²) in [5.74, 6) is -1.70. The van der Waals surface area contributed by atoms with Crippen molar-refractivity contribution in [1.82, 2.24) is 4.90 Å². The van der Waals surface area contributed by atoms with Gasteiger partial charge in [-0.15, -0.1) is 0 Å². The van der Waals surface area contributed by atoms with Crippen LogP contribution in [0.2, 0.25) is 0 Å². The van der Waals surface area contributed by atoms with E-state index in [1.807, 2.05) is 18.7 Å². The largest absolute Gasteiger partial charge is 0.383 e. The lowest BCUT2D eigenvalue weighted by molar-refractivity contribution is 0.0807. The number of ether oxygens (including phenoxy) is 1. The summed E-state index contributed by atoms with van der Waals surface area (Å²) in [6.45, 7) is 5.24. The standard InChI is InChI=1S/C16H23F2NO2/c1-4-13(5-2)19(8-9-21-3)11-16(20)14-10-12(17)6-7-15(14)18/h6-7,10,13H,4-5,8-9,11H2,1-3H3. The Morgan fingerprint density at radius 3 is 2.52 bits per heavy atom. The number of hydrogen-bond donors (Lipinski definition) is 0. The van der Waals surface area contributed by atoms with E-state index in [2.05, 4.69) is 0 Å². The molecular formula is C16H23F2NO2. The van der Waals surface area contributed by atoms with E-state index >= 15 is 0 Å². The number of nitrogens with zero attached hydrogens (tertiary/aromatic N) is 1. The van der Waals surface area contributed by atoms with Gasteiger partial charge in [-0.25, -0.2) is 8.78 Å². The summed E-state index contributed by atoms with van der Waals surface area (Å²) in [7, 11) is 1.60. The third-order valence-electron chi connectivity index (χ3n) is 3.62. The van der Waals surface area contributed by atoms with Gasteiger partial charge in [0.05, 0.1) is 18.7 Å². The minimum absolute atomic E-state index is 0.0656. The maximum absolute atomic E-state index is 13.7. The molecule has 0 atom stereocenters. The number of hydrogen-bond acceptors (Lipinski definition) is 3. The maximum Gasteiger partial charge on any atom is 0.179 e. The normalized spacial score (nSPS) is 11.4. The van der Waals surface area contributed by atoms with Crippen LogP contribution < -0.4 is 0 Å². The number of methoxy groups -OCH3 is 1. The SMILES string of the molecule is CCC(CC)N(CCOC)CC(=O)c1cc(F)ccc1F. The molecule has 0 aromatic heterocycles. The van der Waals surface area contributed by atoms with Crippen molar-refractivity contribution in [2.24, 2.45) is 0 Å². The molecule has 0 spiro atoms. The van der Waals surface area contributed by atoms with Crippen molar-refractivity contribution < 1.29 is 18.3 Å². The van der Waals surface area contributed by atoms with E-state index in [1.54, 1.807) is 7.11 Å². The molecule has 1 aromatic rings. The van der Waals surface area contributed by atoms with Gasteiger partial charge in [0, 0.05) is 19.7 Å². The van der Waals surface area contributed by atoms with Crippen molar-refractivity contribution >= 4 is 5.78 Å². The number of Topliss-reactive ketones (excluding diaryl/α,β-unsaturated/α-hetero) is 1. The van der Waals surface area contributed by atoms with Gasteiger partial charge in [-0.3, -0.25) is 9.69 Å². The van der Waals surface area contributed by atoms with E-state index in [4.69, 9.17) is 4.74 Å². The summed E-state index contributed by atoms with van der Waals surface area (Å²) in [6.07, 6.45) is 1.78. The fraction of sp³-hybridized carbons (Fsp3) is 0.562. The zero-order chi connectivity index (χ0) is 15.8. The Labute approximate surface area is 124 Å². The highest BCUT2D eigenvalue weighted by atomic mass is 19.1. The quantitative estimate of drug-likeness (QED) is 0.655. The van der Waals surface area contributed by atoms with Gasteiger partial charge >= 0.3 is 0 Å². The van der Waals surface area contributed by atoms with Gasteiger partial charge in [0.2, 0.25) is 0 Å². The van der Waals surface area contributed by atoms with Gasteiger partial charge in [0.1, 0.15) is 11.6 Å². The minimum Gasteiger partial charge on any atom is -0.383 e. The first-order chi connectivity index (χ1) is 10.0. The first-order valence-electron chi connectivity index (χ1n) is 7.24. The van der Waals surface area contributed by atoms with E-state index in [0.29, 0.717) is 13.2 Å². The molecular weight excluding hydrogens is 276 g/mol. The second kappa shape index (κ2) is 8.85. The van der Waals surface area contributed by atoms with Gasteiger partial charge < -0.3 is 4.74 Å². The van der Waals surface area contributed by atoms with Crippen LogP contribution in [-0.2, 0) is 4.74 Å². The third kappa shape index (κ3) is 5.17. The molecule has 0 heterocycles. The first-order valence-corrected chi connectivity index (χ1v) is 7.24. The lowest BCUT2D eigenvalue weighted by Crippen LogP contribution is -2.40. The number of halogens is 2. The van der Waals surface area contributed by atoms with Crippen LogP contribution in [0.5, 0.6) is 0 Å². The predicted octanol–water partition coefficient (Wildman–Crippen LogP) is 3.28. The molecule has 0 aliphatic rings. The Morgan fingerprint density at radius 2 is 1.95 bits per heavy atom. The lowest BCUT2D eigenvalue weighted by atomic mass is 10.1. The van der Waals surface area contributed by atoms with Crippen LogP contribution in [0.15, 0.2) is 18.2 Å². The van der Waals surface area contributed by atoms with E-state index in [1.165, 1.54) is 0 Å². The van der Waals surface area contributed by atoms with Crippen LogP contribution in [0.3, 0.4) is 0 Å². The Kier molecular flexibility index (Phi) is 7.47. The van der Waals surface area contributed by atoms with Crippen molar-refractivity contribution in [3.8, 4) is 0 Å². The second-order valence-electron chi connectivity index (χ2n) is 4.98. The number of carbonyl (C=O) groups excluding carboxylic acids is 1. The lowest BCUT2D eigenvalue weighted by Gasteiger charge is -2.29. The van der Waals surface area contributed by atoms with Crippen LogP contribution >= 0.6 is 0 Å². The molecule has 0 saturated carbocycles. The Bertz CT molecular complexity index is 462. The summed E-state index contributed by atoms with van der Waals surface area (Å²) < 4.78 is 31.9. The fourth-order valence-electron chi connectivity index (χ4n) is 2.39. The average Bonchev–Trinajstić information content (AvgIpc) is 2.48. The molecule has 0 aliphatic heterocycles. The zero-order valence-electron chi connectivity index (χ0n) is 12.9.